The van der Waals surface area contributed by atoms with Crippen molar-refractivity contribution >= 4 is 17.7 Å². The molecule has 27 heavy (non-hydrogen) atoms. The van der Waals surface area contributed by atoms with E-state index in [2.05, 4.69) is 22.2 Å². The van der Waals surface area contributed by atoms with Gasteiger partial charge in [0.05, 0.1) is 5.75 Å². The summed E-state index contributed by atoms with van der Waals surface area (Å²) in [5.74, 6) is 3.01. The number of carbonyl (C=O) groups is 1. The molecular weight excluding hydrogens is 358 g/mol. The third-order valence-corrected chi connectivity index (χ3v) is 8.15. The van der Waals surface area contributed by atoms with Gasteiger partial charge in [0.25, 0.3) is 5.56 Å². The quantitative estimate of drug-likeness (QED) is 0.577. The molecule has 0 spiro atoms. The van der Waals surface area contributed by atoms with Crippen LogP contribution >= 0.6 is 11.8 Å². The van der Waals surface area contributed by atoms with Gasteiger partial charge in [0.15, 0.2) is 5.16 Å². The van der Waals surface area contributed by atoms with Crippen LogP contribution in [-0.2, 0) is 11.2 Å². The number of H-pyrrole nitrogens is 1. The first-order valence-corrected chi connectivity index (χ1v) is 11.4. The van der Waals surface area contributed by atoms with E-state index < -0.39 is 0 Å². The summed E-state index contributed by atoms with van der Waals surface area (Å²) in [6.07, 6.45) is 8.80. The van der Waals surface area contributed by atoms with Crippen LogP contribution in [0.5, 0.6) is 0 Å². The summed E-state index contributed by atoms with van der Waals surface area (Å²) in [6, 6.07) is 0.232. The van der Waals surface area contributed by atoms with Crippen LogP contribution in [0.25, 0.3) is 0 Å². The lowest BCUT2D eigenvalue weighted by atomic mass is 9.48. The van der Waals surface area contributed by atoms with Gasteiger partial charge in [0.1, 0.15) is 0 Å². The van der Waals surface area contributed by atoms with Crippen LogP contribution in [-0.4, -0.2) is 27.7 Å². The van der Waals surface area contributed by atoms with Gasteiger partial charge in [-0.1, -0.05) is 18.7 Å². The van der Waals surface area contributed by atoms with Crippen LogP contribution in [0.4, 0.5) is 0 Å². The molecule has 148 valence electrons. The first-order chi connectivity index (χ1) is 12.9. The maximum atomic E-state index is 12.6. The Morgan fingerprint density at radius 1 is 1.26 bits per heavy atom. The topological polar surface area (TPSA) is 74.8 Å². The molecule has 5 nitrogen and oxygen atoms in total. The van der Waals surface area contributed by atoms with Crippen LogP contribution in [0.1, 0.15) is 63.6 Å². The van der Waals surface area contributed by atoms with Crippen LogP contribution in [0.2, 0.25) is 0 Å². The lowest BCUT2D eigenvalue weighted by Crippen LogP contribution is -2.56. The van der Waals surface area contributed by atoms with Gasteiger partial charge in [0, 0.05) is 17.3 Å². The Kier molecular flexibility index (Phi) is 5.12. The highest BCUT2D eigenvalue weighted by molar-refractivity contribution is 7.99. The SMILES string of the molecule is CCc1c(C)nc(SCC(=O)N[C@@H](C)C23CC4CC(CC(C4)C2)C3)[nH]c1=O. The number of aromatic amines is 1. The number of aromatic nitrogens is 2. The number of hydrogen-bond acceptors (Lipinski definition) is 4. The summed E-state index contributed by atoms with van der Waals surface area (Å²) in [6.45, 7) is 6.01. The third-order valence-electron chi connectivity index (χ3n) is 7.28. The highest BCUT2D eigenvalue weighted by Gasteiger charge is 2.53. The predicted molar refractivity (Wildman–Crippen MR) is 108 cm³/mol. The Morgan fingerprint density at radius 2 is 1.85 bits per heavy atom. The standard InChI is InChI=1S/C21H31N3O2S/c1-4-17-12(2)22-20(24-19(17)26)27-11-18(25)23-13(3)21-8-14-5-15(9-21)7-16(6-14)10-21/h13-16H,4-11H2,1-3H3,(H,23,25)(H,22,24,26)/t13-,14?,15?,16?,21?/m0/s1. The minimum absolute atomic E-state index is 0.0446. The summed E-state index contributed by atoms with van der Waals surface area (Å²) in [4.78, 5) is 31.9. The van der Waals surface area contributed by atoms with Gasteiger partial charge in [-0.2, -0.15) is 0 Å². The number of amides is 1. The minimum Gasteiger partial charge on any atom is -0.352 e. The summed E-state index contributed by atoms with van der Waals surface area (Å²) < 4.78 is 0. The second-order valence-electron chi connectivity index (χ2n) is 9.15. The molecule has 1 atom stereocenters. The van der Waals surface area contributed by atoms with E-state index in [1.807, 2.05) is 13.8 Å². The summed E-state index contributed by atoms with van der Waals surface area (Å²) in [5, 5.41) is 3.81. The molecule has 4 saturated carbocycles. The zero-order chi connectivity index (χ0) is 19.2. The van der Waals surface area contributed by atoms with Gasteiger partial charge < -0.3 is 10.3 Å². The molecule has 1 amide bonds. The van der Waals surface area contributed by atoms with Crippen molar-refractivity contribution < 1.29 is 4.79 Å². The van der Waals surface area contributed by atoms with Gasteiger partial charge in [-0.3, -0.25) is 9.59 Å². The lowest BCUT2D eigenvalue weighted by Gasteiger charge is -2.59. The maximum absolute atomic E-state index is 12.6. The number of rotatable bonds is 6. The van der Waals surface area contributed by atoms with E-state index >= 15 is 0 Å². The van der Waals surface area contributed by atoms with Gasteiger partial charge in [-0.05, 0) is 82.0 Å². The molecule has 0 unspecified atom stereocenters. The van der Waals surface area contributed by atoms with E-state index in [4.69, 9.17) is 0 Å². The van der Waals surface area contributed by atoms with E-state index in [0.717, 1.165) is 29.0 Å². The van der Waals surface area contributed by atoms with E-state index in [9.17, 15) is 9.59 Å². The van der Waals surface area contributed by atoms with Crippen LogP contribution in [0, 0.1) is 30.1 Å². The monoisotopic (exact) mass is 389 g/mol. The Hall–Kier alpha value is -1.30. The molecule has 0 saturated heterocycles. The Balaban J connectivity index is 1.35. The van der Waals surface area contributed by atoms with Crippen molar-refractivity contribution in [1.29, 1.82) is 0 Å². The number of carbonyl (C=O) groups excluding carboxylic acids is 1. The van der Waals surface area contributed by atoms with Crippen molar-refractivity contribution in [1.82, 2.24) is 15.3 Å². The van der Waals surface area contributed by atoms with Crippen molar-refractivity contribution in [3.63, 3.8) is 0 Å². The molecule has 1 aromatic heterocycles. The van der Waals surface area contributed by atoms with Gasteiger partial charge in [-0.15, -0.1) is 0 Å². The summed E-state index contributed by atoms with van der Waals surface area (Å²) >= 11 is 1.32. The van der Waals surface area contributed by atoms with Gasteiger partial charge >= 0.3 is 0 Å². The van der Waals surface area contributed by atoms with E-state index in [1.54, 1.807) is 0 Å². The van der Waals surface area contributed by atoms with E-state index in [0.29, 0.717) is 22.7 Å². The molecule has 0 aromatic carbocycles. The normalized spacial score (nSPS) is 32.5. The molecule has 0 radical (unpaired) electrons. The van der Waals surface area contributed by atoms with Crippen molar-refractivity contribution in [2.75, 3.05) is 5.75 Å². The van der Waals surface area contributed by atoms with Crippen molar-refractivity contribution in [3.05, 3.63) is 21.6 Å². The van der Waals surface area contributed by atoms with Crippen LogP contribution < -0.4 is 10.9 Å². The first-order valence-electron chi connectivity index (χ1n) is 10.4. The fraction of sp³-hybridized carbons (Fsp3) is 0.762. The lowest BCUT2D eigenvalue weighted by molar-refractivity contribution is -0.123. The number of hydrogen-bond donors (Lipinski definition) is 2. The first kappa shape index (κ1) is 19.0. The fourth-order valence-corrected chi connectivity index (χ4v) is 7.06. The largest absolute Gasteiger partial charge is 0.352 e. The zero-order valence-corrected chi connectivity index (χ0v) is 17.5. The van der Waals surface area contributed by atoms with Crippen molar-refractivity contribution in [2.24, 2.45) is 23.2 Å². The van der Waals surface area contributed by atoms with Gasteiger partial charge in [-0.25, -0.2) is 4.98 Å². The molecule has 5 rings (SSSR count). The van der Waals surface area contributed by atoms with Crippen LogP contribution in [0.3, 0.4) is 0 Å². The summed E-state index contributed by atoms with van der Waals surface area (Å²) in [7, 11) is 0. The Bertz CT molecular complexity index is 753. The molecule has 4 aliphatic rings. The van der Waals surface area contributed by atoms with Crippen LogP contribution in [0.15, 0.2) is 9.95 Å². The predicted octanol–water partition coefficient (Wildman–Crippen LogP) is 3.45. The average Bonchev–Trinajstić information content (AvgIpc) is 2.58. The van der Waals surface area contributed by atoms with E-state index in [-0.39, 0.29) is 17.5 Å². The van der Waals surface area contributed by atoms with Crippen molar-refractivity contribution in [3.8, 4) is 0 Å². The minimum atomic E-state index is -0.0881. The maximum Gasteiger partial charge on any atom is 0.254 e. The molecule has 1 heterocycles. The van der Waals surface area contributed by atoms with Gasteiger partial charge in [0.2, 0.25) is 5.91 Å². The molecule has 4 fully saturated rings. The molecular formula is C21H31N3O2S. The molecule has 4 aliphatic carbocycles. The van der Waals surface area contributed by atoms with Crippen molar-refractivity contribution in [2.45, 2.75) is 76.9 Å². The zero-order valence-electron chi connectivity index (χ0n) is 16.6. The Morgan fingerprint density at radius 3 is 2.37 bits per heavy atom. The average molecular weight is 390 g/mol. The molecule has 0 aliphatic heterocycles. The molecule has 1 aromatic rings. The molecule has 6 heteroatoms. The third kappa shape index (κ3) is 3.69. The highest BCUT2D eigenvalue weighted by atomic mass is 32.2. The second kappa shape index (κ2) is 7.26. The number of aryl methyl sites for hydroxylation is 1. The number of thioether (sulfide) groups is 1. The summed E-state index contributed by atoms with van der Waals surface area (Å²) in [5.41, 5.74) is 1.71. The number of nitrogens with zero attached hydrogens (tertiary/aromatic N) is 1. The fourth-order valence-electron chi connectivity index (χ4n) is 6.35. The highest BCUT2D eigenvalue weighted by Crippen LogP contribution is 2.61. The molecule has 2 N–H and O–H groups in total. The van der Waals surface area contributed by atoms with E-state index in [1.165, 1.54) is 50.3 Å². The smallest absolute Gasteiger partial charge is 0.254 e. The second-order valence-corrected chi connectivity index (χ2v) is 10.1. The number of nitrogens with one attached hydrogen (secondary N) is 2. The molecule has 4 bridgehead atoms. The Labute approximate surface area is 165 Å².